The molecule has 0 aromatic rings. The highest BCUT2D eigenvalue weighted by Gasteiger charge is 2.33. The Morgan fingerprint density at radius 3 is 2.47 bits per heavy atom. The Balaban J connectivity index is 1.86. The van der Waals surface area contributed by atoms with Crippen molar-refractivity contribution in [3.05, 3.63) is 0 Å². The first-order valence-corrected chi connectivity index (χ1v) is 7.14. The van der Waals surface area contributed by atoms with Crippen LogP contribution in [0.25, 0.3) is 0 Å². The van der Waals surface area contributed by atoms with Crippen LogP contribution in [0.5, 0.6) is 0 Å². The summed E-state index contributed by atoms with van der Waals surface area (Å²) < 4.78 is 0. The fourth-order valence-electron chi connectivity index (χ4n) is 2.96. The molecule has 19 heavy (non-hydrogen) atoms. The predicted molar refractivity (Wildman–Crippen MR) is 70.3 cm³/mol. The zero-order valence-corrected chi connectivity index (χ0v) is 11.6. The Bertz CT molecular complexity index is 279. The minimum absolute atomic E-state index is 0.0160. The van der Waals surface area contributed by atoms with Gasteiger partial charge < -0.3 is 20.2 Å². The maximum Gasteiger partial charge on any atom is 0.0867 e. The minimum atomic E-state index is -0.434. The lowest BCUT2D eigenvalue weighted by atomic mass is 9.95. The first kappa shape index (κ1) is 15.2. The zero-order chi connectivity index (χ0) is 13.8. The molecule has 0 aliphatic carbocycles. The van der Waals surface area contributed by atoms with Crippen molar-refractivity contribution in [1.29, 1.82) is 0 Å². The molecule has 6 heteroatoms. The van der Waals surface area contributed by atoms with Crippen LogP contribution >= 0.6 is 0 Å². The summed E-state index contributed by atoms with van der Waals surface area (Å²) >= 11 is 0. The molecule has 2 rings (SSSR count). The van der Waals surface area contributed by atoms with Crippen molar-refractivity contribution in [3.8, 4) is 0 Å². The van der Waals surface area contributed by atoms with Gasteiger partial charge in [0.25, 0.3) is 0 Å². The highest BCUT2D eigenvalue weighted by Crippen LogP contribution is 2.23. The van der Waals surface area contributed by atoms with E-state index < -0.39 is 6.10 Å². The summed E-state index contributed by atoms with van der Waals surface area (Å²) in [7, 11) is 2.05. The van der Waals surface area contributed by atoms with E-state index in [0.29, 0.717) is 19.5 Å². The predicted octanol–water partition coefficient (Wildman–Crippen LogP) is -1.09. The number of likely N-dealkylation sites (tertiary alicyclic amines) is 1. The number of aliphatic hydroxyl groups is 3. The van der Waals surface area contributed by atoms with E-state index in [1.807, 2.05) is 5.06 Å². The summed E-state index contributed by atoms with van der Waals surface area (Å²) in [6.07, 6.45) is 1.14. The van der Waals surface area contributed by atoms with Crippen molar-refractivity contribution in [2.45, 2.75) is 25.0 Å². The summed E-state index contributed by atoms with van der Waals surface area (Å²) in [5, 5.41) is 30.3. The third kappa shape index (κ3) is 3.87. The molecule has 3 N–H and O–H groups in total. The van der Waals surface area contributed by atoms with Crippen molar-refractivity contribution in [3.63, 3.8) is 0 Å². The Labute approximate surface area is 114 Å². The lowest BCUT2D eigenvalue weighted by molar-refractivity contribution is -0.248. The molecule has 0 aromatic carbocycles. The molecule has 0 spiro atoms. The Kier molecular flexibility index (Phi) is 5.56. The van der Waals surface area contributed by atoms with E-state index in [9.17, 15) is 15.3 Å². The van der Waals surface area contributed by atoms with Crippen LogP contribution in [-0.4, -0.2) is 83.9 Å². The van der Waals surface area contributed by atoms with Crippen LogP contribution in [0.3, 0.4) is 0 Å². The quantitative estimate of drug-likeness (QED) is 0.604. The molecule has 0 amide bonds. The molecule has 0 unspecified atom stereocenters. The van der Waals surface area contributed by atoms with E-state index in [4.69, 9.17) is 4.84 Å². The molecule has 6 nitrogen and oxygen atoms in total. The number of hydrogen-bond donors (Lipinski definition) is 3. The van der Waals surface area contributed by atoms with Crippen LogP contribution in [0, 0.1) is 11.8 Å². The second kappa shape index (κ2) is 6.97. The van der Waals surface area contributed by atoms with Crippen LogP contribution in [0.1, 0.15) is 12.8 Å². The van der Waals surface area contributed by atoms with Crippen molar-refractivity contribution < 1.29 is 20.2 Å². The van der Waals surface area contributed by atoms with Gasteiger partial charge in [0.05, 0.1) is 12.2 Å². The smallest absolute Gasteiger partial charge is 0.0867 e. The summed E-state index contributed by atoms with van der Waals surface area (Å²) in [4.78, 5) is 8.19. The maximum absolute atomic E-state index is 9.74. The van der Waals surface area contributed by atoms with E-state index in [1.165, 1.54) is 0 Å². The Morgan fingerprint density at radius 1 is 1.05 bits per heavy atom. The summed E-state index contributed by atoms with van der Waals surface area (Å²) in [5.41, 5.74) is 0. The molecule has 2 fully saturated rings. The van der Waals surface area contributed by atoms with Gasteiger partial charge in [0.1, 0.15) is 0 Å². The number of rotatable bonds is 4. The normalized spacial score (nSPS) is 38.5. The standard InChI is InChI=1S/C13H26N2O4/c1-14-4-3-13(11(6-14)9-17)19-15-5-2-12(18)10(7-15)8-16/h10-13,16-18H,2-9H2,1H3/t10-,11-,12+,13-/m0/s1. The molecule has 0 aromatic heterocycles. The van der Waals surface area contributed by atoms with E-state index in [0.717, 1.165) is 19.5 Å². The first-order valence-electron chi connectivity index (χ1n) is 7.14. The topological polar surface area (TPSA) is 76.4 Å². The molecule has 0 bridgehead atoms. The molecule has 2 heterocycles. The average Bonchev–Trinajstić information content (AvgIpc) is 2.42. The van der Waals surface area contributed by atoms with E-state index in [-0.39, 0.29) is 31.2 Å². The minimum Gasteiger partial charge on any atom is -0.396 e. The van der Waals surface area contributed by atoms with Gasteiger partial charge in [-0.1, -0.05) is 0 Å². The van der Waals surface area contributed by atoms with Gasteiger partial charge in [-0.15, -0.1) is 0 Å². The maximum atomic E-state index is 9.74. The third-order valence-corrected chi connectivity index (χ3v) is 4.28. The summed E-state index contributed by atoms with van der Waals surface area (Å²) in [6, 6.07) is 0. The number of hydroxylamine groups is 2. The molecular formula is C13H26N2O4. The zero-order valence-electron chi connectivity index (χ0n) is 11.6. The molecule has 112 valence electrons. The number of aliphatic hydroxyl groups excluding tert-OH is 3. The summed E-state index contributed by atoms with van der Waals surface area (Å²) in [5.74, 6) is 0.00534. The third-order valence-electron chi connectivity index (χ3n) is 4.28. The monoisotopic (exact) mass is 274 g/mol. The van der Waals surface area contributed by atoms with Crippen LogP contribution in [0.15, 0.2) is 0 Å². The summed E-state index contributed by atoms with van der Waals surface area (Å²) in [6.45, 7) is 3.18. The fourth-order valence-corrected chi connectivity index (χ4v) is 2.96. The number of piperidine rings is 2. The molecule has 2 saturated heterocycles. The molecule has 2 aliphatic rings. The highest BCUT2D eigenvalue weighted by atomic mass is 16.7. The van der Waals surface area contributed by atoms with Gasteiger partial charge >= 0.3 is 0 Å². The molecule has 0 radical (unpaired) electrons. The Morgan fingerprint density at radius 2 is 1.79 bits per heavy atom. The van der Waals surface area contributed by atoms with Crippen LogP contribution in [0.4, 0.5) is 0 Å². The van der Waals surface area contributed by atoms with Crippen LogP contribution in [-0.2, 0) is 4.84 Å². The van der Waals surface area contributed by atoms with Gasteiger partial charge in [-0.25, -0.2) is 0 Å². The van der Waals surface area contributed by atoms with Gasteiger partial charge in [0, 0.05) is 51.2 Å². The fraction of sp³-hybridized carbons (Fsp3) is 1.00. The van der Waals surface area contributed by atoms with Crippen LogP contribution in [0.2, 0.25) is 0 Å². The van der Waals surface area contributed by atoms with E-state index in [1.54, 1.807) is 0 Å². The molecule has 4 atom stereocenters. The number of hydrogen-bond acceptors (Lipinski definition) is 6. The van der Waals surface area contributed by atoms with E-state index >= 15 is 0 Å². The van der Waals surface area contributed by atoms with Crippen molar-refractivity contribution in [2.24, 2.45) is 11.8 Å². The lowest BCUT2D eigenvalue weighted by Crippen LogP contribution is -2.50. The number of nitrogens with zero attached hydrogens (tertiary/aromatic N) is 2. The molecular weight excluding hydrogens is 248 g/mol. The van der Waals surface area contributed by atoms with Crippen molar-refractivity contribution in [2.75, 3.05) is 46.4 Å². The van der Waals surface area contributed by atoms with Gasteiger partial charge in [-0.05, 0) is 19.9 Å². The van der Waals surface area contributed by atoms with Gasteiger partial charge in [-0.3, -0.25) is 4.84 Å². The van der Waals surface area contributed by atoms with E-state index in [2.05, 4.69) is 11.9 Å². The second-order valence-corrected chi connectivity index (χ2v) is 5.82. The largest absolute Gasteiger partial charge is 0.396 e. The van der Waals surface area contributed by atoms with Gasteiger partial charge in [0.15, 0.2) is 0 Å². The second-order valence-electron chi connectivity index (χ2n) is 5.82. The van der Waals surface area contributed by atoms with Gasteiger partial charge in [-0.2, -0.15) is 5.06 Å². The first-order chi connectivity index (χ1) is 9.13. The van der Waals surface area contributed by atoms with Crippen molar-refractivity contribution >= 4 is 0 Å². The lowest BCUT2D eigenvalue weighted by Gasteiger charge is -2.41. The van der Waals surface area contributed by atoms with Crippen molar-refractivity contribution in [1.82, 2.24) is 9.96 Å². The highest BCUT2D eigenvalue weighted by molar-refractivity contribution is 4.81. The molecule has 0 saturated carbocycles. The SMILES string of the molecule is CN1CC[C@H](ON2CC[C@@H](O)[C@H](CO)C2)[C@H](CO)C1. The van der Waals surface area contributed by atoms with Gasteiger partial charge in [0.2, 0.25) is 0 Å². The molecule has 2 aliphatic heterocycles. The van der Waals surface area contributed by atoms with Crippen LogP contribution < -0.4 is 0 Å². The average molecular weight is 274 g/mol. The Hall–Kier alpha value is -0.240.